The standard InChI is InChI=1S/C12H14F2N2O2/c13-9-4-8(11(15)5-10(9)14)12(17)16-7-2-1-3-18-6-7/h4-5,7H,1-3,6,15H2,(H,16,17). The van der Waals surface area contributed by atoms with Crippen molar-refractivity contribution in [1.82, 2.24) is 5.32 Å². The molecule has 1 aromatic rings. The van der Waals surface area contributed by atoms with E-state index in [1.165, 1.54) is 0 Å². The molecule has 1 aliphatic rings. The van der Waals surface area contributed by atoms with Gasteiger partial charge in [-0.15, -0.1) is 0 Å². The molecule has 18 heavy (non-hydrogen) atoms. The van der Waals surface area contributed by atoms with Crippen molar-refractivity contribution < 1.29 is 18.3 Å². The quantitative estimate of drug-likeness (QED) is 0.787. The lowest BCUT2D eigenvalue weighted by molar-refractivity contribution is 0.0624. The fraction of sp³-hybridized carbons (Fsp3) is 0.417. The first-order valence-electron chi connectivity index (χ1n) is 5.71. The van der Waals surface area contributed by atoms with Gasteiger partial charge < -0.3 is 15.8 Å². The molecule has 0 radical (unpaired) electrons. The van der Waals surface area contributed by atoms with Crippen molar-refractivity contribution in [2.75, 3.05) is 18.9 Å². The zero-order valence-electron chi connectivity index (χ0n) is 9.71. The van der Waals surface area contributed by atoms with Crippen LogP contribution < -0.4 is 11.1 Å². The van der Waals surface area contributed by atoms with Crippen LogP contribution in [0, 0.1) is 11.6 Å². The lowest BCUT2D eigenvalue weighted by atomic mass is 10.1. The van der Waals surface area contributed by atoms with Crippen molar-refractivity contribution in [1.29, 1.82) is 0 Å². The van der Waals surface area contributed by atoms with Crippen molar-refractivity contribution in [2.24, 2.45) is 0 Å². The molecule has 1 atom stereocenters. The zero-order valence-corrected chi connectivity index (χ0v) is 9.71. The molecule has 0 bridgehead atoms. The lowest BCUT2D eigenvalue weighted by Crippen LogP contribution is -2.40. The van der Waals surface area contributed by atoms with Crippen LogP contribution in [0.1, 0.15) is 23.2 Å². The molecule has 1 saturated heterocycles. The summed E-state index contributed by atoms with van der Waals surface area (Å²) in [6.07, 6.45) is 1.66. The Kier molecular flexibility index (Phi) is 3.76. The number of carbonyl (C=O) groups is 1. The topological polar surface area (TPSA) is 64.4 Å². The zero-order chi connectivity index (χ0) is 13.1. The maximum absolute atomic E-state index is 13.1. The highest BCUT2D eigenvalue weighted by molar-refractivity contribution is 5.99. The van der Waals surface area contributed by atoms with Crippen LogP contribution in [0.25, 0.3) is 0 Å². The van der Waals surface area contributed by atoms with Gasteiger partial charge in [0, 0.05) is 18.4 Å². The average Bonchev–Trinajstić information content (AvgIpc) is 2.35. The molecule has 1 aliphatic heterocycles. The monoisotopic (exact) mass is 256 g/mol. The van der Waals surface area contributed by atoms with E-state index in [9.17, 15) is 13.6 Å². The van der Waals surface area contributed by atoms with E-state index < -0.39 is 17.5 Å². The van der Waals surface area contributed by atoms with E-state index in [2.05, 4.69) is 5.32 Å². The van der Waals surface area contributed by atoms with Gasteiger partial charge in [-0.05, 0) is 18.9 Å². The normalized spacial score (nSPS) is 19.6. The van der Waals surface area contributed by atoms with E-state index in [0.29, 0.717) is 13.2 Å². The van der Waals surface area contributed by atoms with Gasteiger partial charge in [0.15, 0.2) is 11.6 Å². The fourth-order valence-electron chi connectivity index (χ4n) is 1.88. The summed E-state index contributed by atoms with van der Waals surface area (Å²) in [5.74, 6) is -2.67. The summed E-state index contributed by atoms with van der Waals surface area (Å²) in [5.41, 5.74) is 5.36. The third kappa shape index (κ3) is 2.76. The molecule has 1 aromatic carbocycles. The number of anilines is 1. The van der Waals surface area contributed by atoms with Gasteiger partial charge in [0.2, 0.25) is 0 Å². The highest BCUT2D eigenvalue weighted by Gasteiger charge is 2.19. The lowest BCUT2D eigenvalue weighted by Gasteiger charge is -2.23. The summed E-state index contributed by atoms with van der Waals surface area (Å²) in [5, 5.41) is 2.69. The molecule has 0 spiro atoms. The molecule has 0 aliphatic carbocycles. The Bertz CT molecular complexity index is 460. The Hall–Kier alpha value is -1.69. The van der Waals surface area contributed by atoms with E-state index in [0.717, 1.165) is 25.0 Å². The number of nitrogens with one attached hydrogen (secondary N) is 1. The van der Waals surface area contributed by atoms with Gasteiger partial charge in [-0.25, -0.2) is 8.78 Å². The molecular formula is C12H14F2N2O2. The summed E-state index contributed by atoms with van der Waals surface area (Å²) in [6.45, 7) is 1.11. The largest absolute Gasteiger partial charge is 0.398 e. The molecule has 1 unspecified atom stereocenters. The van der Waals surface area contributed by atoms with Gasteiger partial charge in [0.05, 0.1) is 18.2 Å². The van der Waals surface area contributed by atoms with Gasteiger partial charge in [-0.2, -0.15) is 0 Å². The first-order chi connectivity index (χ1) is 8.58. The van der Waals surface area contributed by atoms with Gasteiger partial charge in [-0.3, -0.25) is 4.79 Å². The first kappa shape index (κ1) is 12.8. The molecule has 6 heteroatoms. The van der Waals surface area contributed by atoms with Crippen molar-refractivity contribution in [3.8, 4) is 0 Å². The molecule has 3 N–H and O–H groups in total. The second-order valence-electron chi connectivity index (χ2n) is 4.24. The average molecular weight is 256 g/mol. The van der Waals surface area contributed by atoms with Crippen LogP contribution in [0.3, 0.4) is 0 Å². The SMILES string of the molecule is Nc1cc(F)c(F)cc1C(=O)NC1CCCOC1. The molecule has 0 saturated carbocycles. The molecule has 2 rings (SSSR count). The van der Waals surface area contributed by atoms with Gasteiger partial charge in [-0.1, -0.05) is 0 Å². The minimum Gasteiger partial charge on any atom is -0.398 e. The Balaban J connectivity index is 2.10. The summed E-state index contributed by atoms with van der Waals surface area (Å²) in [4.78, 5) is 11.9. The predicted octanol–water partition coefficient (Wildman–Crippen LogP) is 1.46. The fourth-order valence-corrected chi connectivity index (χ4v) is 1.88. The first-order valence-corrected chi connectivity index (χ1v) is 5.71. The summed E-state index contributed by atoms with van der Waals surface area (Å²) in [6, 6.07) is 1.50. The molecular weight excluding hydrogens is 242 g/mol. The second kappa shape index (κ2) is 5.30. The number of hydrogen-bond acceptors (Lipinski definition) is 3. The third-order valence-corrected chi connectivity index (χ3v) is 2.83. The van der Waals surface area contributed by atoms with E-state index in [4.69, 9.17) is 10.5 Å². The van der Waals surface area contributed by atoms with Gasteiger partial charge in [0.1, 0.15) is 0 Å². The number of rotatable bonds is 2. The molecule has 1 heterocycles. The highest BCUT2D eigenvalue weighted by atomic mass is 19.2. The van der Waals surface area contributed by atoms with E-state index in [1.807, 2.05) is 0 Å². The van der Waals surface area contributed by atoms with Gasteiger partial charge >= 0.3 is 0 Å². The number of hydrogen-bond donors (Lipinski definition) is 2. The molecule has 98 valence electrons. The van der Waals surface area contributed by atoms with Crippen LogP contribution >= 0.6 is 0 Å². The van der Waals surface area contributed by atoms with Crippen LogP contribution in [-0.4, -0.2) is 25.2 Å². The summed E-state index contributed by atoms with van der Waals surface area (Å²) >= 11 is 0. The third-order valence-electron chi connectivity index (χ3n) is 2.83. The number of ether oxygens (including phenoxy) is 1. The van der Waals surface area contributed by atoms with Crippen LogP contribution in [0.2, 0.25) is 0 Å². The number of nitrogen functional groups attached to an aromatic ring is 1. The minimum absolute atomic E-state index is 0.0560. The van der Waals surface area contributed by atoms with Crippen LogP contribution in [0.5, 0.6) is 0 Å². The summed E-state index contributed by atoms with van der Waals surface area (Å²) < 4.78 is 31.1. The van der Waals surface area contributed by atoms with Crippen molar-refractivity contribution in [3.05, 3.63) is 29.3 Å². The van der Waals surface area contributed by atoms with Crippen LogP contribution in [0.15, 0.2) is 12.1 Å². The highest BCUT2D eigenvalue weighted by Crippen LogP contribution is 2.17. The van der Waals surface area contributed by atoms with Crippen molar-refractivity contribution >= 4 is 11.6 Å². The predicted molar refractivity (Wildman–Crippen MR) is 62.1 cm³/mol. The Morgan fingerprint density at radius 2 is 2.11 bits per heavy atom. The Morgan fingerprint density at radius 3 is 2.78 bits per heavy atom. The maximum atomic E-state index is 13.1. The smallest absolute Gasteiger partial charge is 0.253 e. The van der Waals surface area contributed by atoms with E-state index in [1.54, 1.807) is 0 Å². The Morgan fingerprint density at radius 1 is 1.39 bits per heavy atom. The second-order valence-corrected chi connectivity index (χ2v) is 4.24. The molecule has 1 fully saturated rings. The number of halogens is 2. The Labute approximate surface area is 103 Å². The molecule has 0 aromatic heterocycles. The van der Waals surface area contributed by atoms with Crippen LogP contribution in [0.4, 0.5) is 14.5 Å². The molecule has 1 amide bonds. The number of amides is 1. The minimum atomic E-state index is -1.09. The molecule has 4 nitrogen and oxygen atoms in total. The summed E-state index contributed by atoms with van der Waals surface area (Å²) in [7, 11) is 0. The van der Waals surface area contributed by atoms with Gasteiger partial charge in [0.25, 0.3) is 5.91 Å². The van der Waals surface area contributed by atoms with Crippen molar-refractivity contribution in [3.63, 3.8) is 0 Å². The number of carbonyl (C=O) groups excluding carboxylic acids is 1. The van der Waals surface area contributed by atoms with Crippen LogP contribution in [-0.2, 0) is 4.74 Å². The maximum Gasteiger partial charge on any atom is 0.253 e. The van der Waals surface area contributed by atoms with E-state index in [-0.39, 0.29) is 17.3 Å². The van der Waals surface area contributed by atoms with Crippen molar-refractivity contribution in [2.45, 2.75) is 18.9 Å². The van der Waals surface area contributed by atoms with E-state index >= 15 is 0 Å². The number of benzene rings is 1. The number of nitrogens with two attached hydrogens (primary N) is 1.